The van der Waals surface area contributed by atoms with Gasteiger partial charge in [0.05, 0.1) is 11.9 Å². The van der Waals surface area contributed by atoms with E-state index in [2.05, 4.69) is 5.32 Å². The van der Waals surface area contributed by atoms with Crippen LogP contribution in [0, 0.1) is 6.92 Å². The lowest BCUT2D eigenvalue weighted by Gasteiger charge is -2.26. The number of hydrogen-bond donors (Lipinski definition) is 2. The quantitative estimate of drug-likeness (QED) is 0.896. The Kier molecular flexibility index (Phi) is 4.93. The summed E-state index contributed by atoms with van der Waals surface area (Å²) in [7, 11) is 0. The van der Waals surface area contributed by atoms with Crippen molar-refractivity contribution >= 4 is 35.1 Å². The molecule has 0 saturated carbocycles. The molecule has 1 aromatic rings. The van der Waals surface area contributed by atoms with Gasteiger partial charge in [0.2, 0.25) is 0 Å². The van der Waals surface area contributed by atoms with E-state index in [1.807, 2.05) is 26.0 Å². The molecule has 0 aromatic carbocycles. The van der Waals surface area contributed by atoms with Gasteiger partial charge in [0.25, 0.3) is 0 Å². The third kappa shape index (κ3) is 3.27. The summed E-state index contributed by atoms with van der Waals surface area (Å²) in [4.78, 5) is 27.2. The average Bonchev–Trinajstić information content (AvgIpc) is 3.01. The van der Waals surface area contributed by atoms with Crippen molar-refractivity contribution in [1.29, 1.82) is 0 Å². The van der Waals surface area contributed by atoms with Crippen LogP contribution in [-0.4, -0.2) is 39.2 Å². The molecule has 20 heavy (non-hydrogen) atoms. The Morgan fingerprint density at radius 1 is 1.50 bits per heavy atom. The van der Waals surface area contributed by atoms with E-state index in [4.69, 9.17) is 0 Å². The highest BCUT2D eigenvalue weighted by atomic mass is 32.2. The second-order valence-electron chi connectivity index (χ2n) is 4.63. The molecule has 0 aliphatic carbocycles. The maximum absolute atomic E-state index is 12.3. The minimum Gasteiger partial charge on any atom is -0.480 e. The number of aryl methyl sites for hydroxylation is 1. The van der Waals surface area contributed by atoms with E-state index in [1.165, 1.54) is 21.5 Å². The number of carbonyl (C=O) groups is 2. The summed E-state index contributed by atoms with van der Waals surface area (Å²) in [6, 6.07) is 2.97. The maximum atomic E-state index is 12.3. The molecule has 7 heteroatoms. The fraction of sp³-hybridized carbons (Fsp3) is 0.538. The van der Waals surface area contributed by atoms with E-state index in [1.54, 1.807) is 11.3 Å². The molecule has 2 atom stereocenters. The molecule has 2 heterocycles. The third-order valence-corrected chi connectivity index (χ3v) is 5.63. The van der Waals surface area contributed by atoms with Gasteiger partial charge in [-0.05, 0) is 25.5 Å². The zero-order chi connectivity index (χ0) is 14.7. The highest BCUT2D eigenvalue weighted by Crippen LogP contribution is 2.31. The molecule has 5 nitrogen and oxygen atoms in total. The number of hydrogen-bond acceptors (Lipinski definition) is 4. The number of nitrogens with one attached hydrogen (secondary N) is 1. The number of carboxylic acids is 1. The molecule has 110 valence electrons. The second-order valence-corrected chi connectivity index (χ2v) is 7.21. The van der Waals surface area contributed by atoms with Crippen LogP contribution in [0.15, 0.2) is 12.1 Å². The highest BCUT2D eigenvalue weighted by Gasteiger charge is 2.40. The van der Waals surface area contributed by atoms with Crippen LogP contribution in [0.2, 0.25) is 0 Å². The van der Waals surface area contributed by atoms with E-state index >= 15 is 0 Å². The maximum Gasteiger partial charge on any atom is 0.327 e. The number of thioether (sulfide) groups is 1. The van der Waals surface area contributed by atoms with Gasteiger partial charge in [-0.15, -0.1) is 23.1 Å². The number of rotatable bonds is 4. The van der Waals surface area contributed by atoms with Crippen LogP contribution in [0.5, 0.6) is 0 Å². The van der Waals surface area contributed by atoms with Gasteiger partial charge in [-0.2, -0.15) is 0 Å². The number of urea groups is 1. The van der Waals surface area contributed by atoms with Gasteiger partial charge >= 0.3 is 12.0 Å². The number of thiophene rings is 1. The van der Waals surface area contributed by atoms with Crippen LogP contribution in [0.25, 0.3) is 0 Å². The van der Waals surface area contributed by atoms with E-state index in [9.17, 15) is 14.7 Å². The van der Waals surface area contributed by atoms with Crippen LogP contribution in [-0.2, 0) is 11.3 Å². The standard InChI is InChI=1S/C13H18N2O3S2/c1-3-11-15(10(7-19-11)12(16)17)13(18)14-6-9-5-4-8(2)20-9/h4-5,10-11H,3,6-7H2,1-2H3,(H,14,18)(H,16,17). The fourth-order valence-electron chi connectivity index (χ4n) is 2.17. The van der Waals surface area contributed by atoms with Crippen molar-refractivity contribution in [2.45, 2.75) is 38.2 Å². The summed E-state index contributed by atoms with van der Waals surface area (Å²) in [6.45, 7) is 4.42. The van der Waals surface area contributed by atoms with Crippen molar-refractivity contribution in [2.24, 2.45) is 0 Å². The number of nitrogens with zero attached hydrogens (tertiary/aromatic N) is 1. The Labute approximate surface area is 126 Å². The zero-order valence-electron chi connectivity index (χ0n) is 11.5. The molecular weight excluding hydrogens is 296 g/mol. The smallest absolute Gasteiger partial charge is 0.327 e. The Balaban J connectivity index is 2.00. The first-order valence-corrected chi connectivity index (χ1v) is 8.35. The van der Waals surface area contributed by atoms with Crippen molar-refractivity contribution in [3.63, 3.8) is 0 Å². The molecular formula is C13H18N2O3S2. The number of amides is 2. The van der Waals surface area contributed by atoms with Gasteiger partial charge in [-0.25, -0.2) is 9.59 Å². The van der Waals surface area contributed by atoms with Crippen molar-refractivity contribution in [1.82, 2.24) is 10.2 Å². The van der Waals surface area contributed by atoms with Gasteiger partial charge in [0.15, 0.2) is 0 Å². The lowest BCUT2D eigenvalue weighted by Crippen LogP contribution is -2.49. The lowest BCUT2D eigenvalue weighted by molar-refractivity contribution is -0.141. The molecule has 0 bridgehead atoms. The summed E-state index contributed by atoms with van der Waals surface area (Å²) < 4.78 is 0. The third-order valence-electron chi connectivity index (χ3n) is 3.17. The monoisotopic (exact) mass is 314 g/mol. The molecule has 1 saturated heterocycles. The van der Waals surface area contributed by atoms with E-state index in [-0.39, 0.29) is 11.4 Å². The summed E-state index contributed by atoms with van der Waals surface area (Å²) >= 11 is 3.16. The molecule has 2 N–H and O–H groups in total. The van der Waals surface area contributed by atoms with Crippen LogP contribution in [0.1, 0.15) is 23.1 Å². The first kappa shape index (κ1) is 15.2. The van der Waals surface area contributed by atoms with E-state index in [0.29, 0.717) is 12.3 Å². The first-order chi connectivity index (χ1) is 9.52. The Bertz CT molecular complexity index is 504. The second kappa shape index (κ2) is 6.49. The predicted molar refractivity (Wildman–Crippen MR) is 81.1 cm³/mol. The number of carbonyl (C=O) groups excluding carboxylic acids is 1. The summed E-state index contributed by atoms with van der Waals surface area (Å²) in [5.41, 5.74) is 0. The molecule has 0 spiro atoms. The minimum atomic E-state index is -0.935. The minimum absolute atomic E-state index is 0.0545. The highest BCUT2D eigenvalue weighted by molar-refractivity contribution is 8.00. The lowest BCUT2D eigenvalue weighted by atomic mass is 10.3. The predicted octanol–water partition coefficient (Wildman–Crippen LogP) is 2.50. The van der Waals surface area contributed by atoms with Gasteiger partial charge in [0.1, 0.15) is 6.04 Å². The largest absolute Gasteiger partial charge is 0.480 e. The molecule has 0 radical (unpaired) electrons. The Hall–Kier alpha value is -1.21. The van der Waals surface area contributed by atoms with Gasteiger partial charge in [0, 0.05) is 15.5 Å². The van der Waals surface area contributed by atoms with Crippen LogP contribution < -0.4 is 5.32 Å². The number of aliphatic carboxylic acids is 1. The molecule has 1 aromatic heterocycles. The summed E-state index contributed by atoms with van der Waals surface area (Å²) in [5, 5.41) is 12.0. The number of carboxylic acid groups (broad SMARTS) is 1. The molecule has 2 rings (SSSR count). The van der Waals surface area contributed by atoms with Crippen LogP contribution in [0.4, 0.5) is 4.79 Å². The molecule has 2 amide bonds. The van der Waals surface area contributed by atoms with Crippen molar-refractivity contribution in [3.05, 3.63) is 21.9 Å². The fourth-order valence-corrected chi connectivity index (χ4v) is 4.35. The van der Waals surface area contributed by atoms with Crippen LogP contribution >= 0.6 is 23.1 Å². The summed E-state index contributed by atoms with van der Waals surface area (Å²) in [5.74, 6) is -0.477. The molecule has 1 aliphatic heterocycles. The van der Waals surface area contributed by atoms with Gasteiger partial charge in [-0.1, -0.05) is 6.92 Å². The first-order valence-electron chi connectivity index (χ1n) is 6.48. The molecule has 2 unspecified atom stereocenters. The molecule has 1 aliphatic rings. The van der Waals surface area contributed by atoms with Crippen LogP contribution in [0.3, 0.4) is 0 Å². The van der Waals surface area contributed by atoms with E-state index in [0.717, 1.165) is 11.3 Å². The average molecular weight is 314 g/mol. The molecule has 1 fully saturated rings. The topological polar surface area (TPSA) is 69.6 Å². The SMILES string of the molecule is CCC1SCC(C(=O)O)N1C(=O)NCc1ccc(C)s1. The van der Waals surface area contributed by atoms with Crippen molar-refractivity contribution in [2.75, 3.05) is 5.75 Å². The van der Waals surface area contributed by atoms with Crippen molar-refractivity contribution in [3.8, 4) is 0 Å². The summed E-state index contributed by atoms with van der Waals surface area (Å²) in [6.07, 6.45) is 0.750. The zero-order valence-corrected chi connectivity index (χ0v) is 13.1. The van der Waals surface area contributed by atoms with Crippen molar-refractivity contribution < 1.29 is 14.7 Å². The normalized spacial score (nSPS) is 22.0. The van der Waals surface area contributed by atoms with Gasteiger partial charge in [-0.3, -0.25) is 4.90 Å². The Morgan fingerprint density at radius 2 is 2.25 bits per heavy atom. The Morgan fingerprint density at radius 3 is 2.80 bits per heavy atom. The van der Waals surface area contributed by atoms with Gasteiger partial charge < -0.3 is 10.4 Å². The van der Waals surface area contributed by atoms with E-state index < -0.39 is 12.0 Å².